The summed E-state index contributed by atoms with van der Waals surface area (Å²) >= 11 is 0. The molecule has 2 aliphatic heterocycles. The van der Waals surface area contributed by atoms with Crippen LogP contribution in [0.5, 0.6) is 0 Å². The molecule has 25 heavy (non-hydrogen) atoms. The molecule has 2 saturated heterocycles. The highest BCUT2D eigenvalue weighted by molar-refractivity contribution is 5.13. The van der Waals surface area contributed by atoms with Crippen molar-refractivity contribution in [2.24, 2.45) is 5.92 Å². The lowest BCUT2D eigenvalue weighted by molar-refractivity contribution is -0.184. The van der Waals surface area contributed by atoms with E-state index < -0.39 is 18.2 Å². The molecule has 2 fully saturated rings. The highest BCUT2D eigenvalue weighted by atomic mass is 16.8. The van der Waals surface area contributed by atoms with Crippen LogP contribution in [-0.2, 0) is 30.3 Å². The van der Waals surface area contributed by atoms with Gasteiger partial charge in [-0.05, 0) is 19.4 Å². The summed E-state index contributed by atoms with van der Waals surface area (Å²) in [5.74, 6) is -0.839. The topological polar surface area (TPSA) is 66.4 Å². The van der Waals surface area contributed by atoms with Gasteiger partial charge in [-0.2, -0.15) is 0 Å². The second kappa shape index (κ2) is 7.70. The molecule has 0 unspecified atom stereocenters. The van der Waals surface area contributed by atoms with Crippen molar-refractivity contribution < 1.29 is 28.8 Å². The summed E-state index contributed by atoms with van der Waals surface area (Å²) in [5, 5.41) is 10.3. The fraction of sp³-hybridized carbons (Fsp3) is 0.684. The molecule has 0 aliphatic carbocycles. The maximum Gasteiger partial charge on any atom is 0.183 e. The van der Waals surface area contributed by atoms with E-state index in [2.05, 4.69) is 0 Å². The fourth-order valence-electron chi connectivity index (χ4n) is 3.51. The molecule has 0 amide bonds. The van der Waals surface area contributed by atoms with Crippen LogP contribution >= 0.6 is 0 Å². The van der Waals surface area contributed by atoms with Gasteiger partial charge in [0.15, 0.2) is 12.1 Å². The van der Waals surface area contributed by atoms with Crippen LogP contribution in [0.2, 0.25) is 0 Å². The third-order valence-electron chi connectivity index (χ3n) is 4.80. The third kappa shape index (κ3) is 4.22. The summed E-state index contributed by atoms with van der Waals surface area (Å²) < 4.78 is 29.0. The Morgan fingerprint density at radius 2 is 1.84 bits per heavy atom. The minimum atomic E-state index is -0.718. The van der Waals surface area contributed by atoms with E-state index in [4.69, 9.17) is 23.7 Å². The van der Waals surface area contributed by atoms with Gasteiger partial charge < -0.3 is 28.8 Å². The first-order valence-electron chi connectivity index (χ1n) is 8.75. The number of aliphatic hydroxyl groups excluding tert-OH is 1. The molecule has 6 heteroatoms. The molecule has 6 nitrogen and oxygen atoms in total. The van der Waals surface area contributed by atoms with E-state index in [0.29, 0.717) is 13.2 Å². The normalized spacial score (nSPS) is 37.5. The van der Waals surface area contributed by atoms with Crippen LogP contribution in [-0.4, -0.2) is 55.3 Å². The Hall–Kier alpha value is -1.02. The number of ether oxygens (including phenoxy) is 5. The molecule has 6 atom stereocenters. The van der Waals surface area contributed by atoms with E-state index in [9.17, 15) is 5.11 Å². The number of aliphatic hydroxyl groups is 1. The molecule has 0 bridgehead atoms. The van der Waals surface area contributed by atoms with Crippen molar-refractivity contribution >= 4 is 0 Å². The maximum atomic E-state index is 10.3. The average Bonchev–Trinajstić information content (AvgIpc) is 3.05. The molecular weight excluding hydrogens is 324 g/mol. The van der Waals surface area contributed by atoms with Crippen molar-refractivity contribution in [1.82, 2.24) is 0 Å². The van der Waals surface area contributed by atoms with Crippen molar-refractivity contribution in [1.29, 1.82) is 0 Å². The SMILES string of the molecule is CO[C@H]1O[C@H]([C@@H]2OC(C)(C)O[C@H]2COCc2ccccc2)[C@@H](C)[C@H]1O. The van der Waals surface area contributed by atoms with E-state index in [0.717, 1.165) is 5.56 Å². The first-order valence-corrected chi connectivity index (χ1v) is 8.75. The molecule has 0 aromatic heterocycles. The minimum absolute atomic E-state index is 0.121. The Morgan fingerprint density at radius 1 is 1.12 bits per heavy atom. The monoisotopic (exact) mass is 352 g/mol. The molecule has 1 N–H and O–H groups in total. The number of methoxy groups -OCH3 is 1. The van der Waals surface area contributed by atoms with Crippen molar-refractivity contribution in [2.75, 3.05) is 13.7 Å². The van der Waals surface area contributed by atoms with Crippen molar-refractivity contribution in [2.45, 2.75) is 63.9 Å². The highest BCUT2D eigenvalue weighted by Crippen LogP contribution is 2.38. The summed E-state index contributed by atoms with van der Waals surface area (Å²) in [7, 11) is 1.53. The molecule has 0 saturated carbocycles. The average molecular weight is 352 g/mol. The molecule has 2 heterocycles. The van der Waals surface area contributed by atoms with Crippen LogP contribution in [0, 0.1) is 5.92 Å². The van der Waals surface area contributed by atoms with Crippen molar-refractivity contribution in [3.05, 3.63) is 35.9 Å². The zero-order valence-electron chi connectivity index (χ0n) is 15.3. The predicted molar refractivity (Wildman–Crippen MR) is 90.8 cm³/mol. The van der Waals surface area contributed by atoms with Crippen LogP contribution in [0.4, 0.5) is 0 Å². The van der Waals surface area contributed by atoms with E-state index in [1.54, 1.807) is 0 Å². The second-order valence-electron chi connectivity index (χ2n) is 7.19. The van der Waals surface area contributed by atoms with Gasteiger partial charge >= 0.3 is 0 Å². The van der Waals surface area contributed by atoms with Crippen LogP contribution in [0.3, 0.4) is 0 Å². The van der Waals surface area contributed by atoms with Gasteiger partial charge in [0.1, 0.15) is 18.3 Å². The minimum Gasteiger partial charge on any atom is -0.387 e. The lowest BCUT2D eigenvalue weighted by Gasteiger charge is -2.25. The highest BCUT2D eigenvalue weighted by Gasteiger charge is 2.53. The van der Waals surface area contributed by atoms with E-state index >= 15 is 0 Å². The Morgan fingerprint density at radius 3 is 2.48 bits per heavy atom. The van der Waals surface area contributed by atoms with Crippen LogP contribution < -0.4 is 0 Å². The first kappa shape index (κ1) is 18.8. The van der Waals surface area contributed by atoms with E-state index in [-0.39, 0.29) is 24.2 Å². The fourth-order valence-corrected chi connectivity index (χ4v) is 3.51. The van der Waals surface area contributed by atoms with Gasteiger partial charge in [-0.15, -0.1) is 0 Å². The van der Waals surface area contributed by atoms with Crippen LogP contribution in [0.25, 0.3) is 0 Å². The van der Waals surface area contributed by atoms with Gasteiger partial charge in [0.2, 0.25) is 0 Å². The molecule has 1 aromatic rings. The molecule has 2 aliphatic rings. The van der Waals surface area contributed by atoms with Crippen LogP contribution in [0.15, 0.2) is 30.3 Å². The summed E-state index contributed by atoms with van der Waals surface area (Å²) in [5.41, 5.74) is 1.11. The molecule has 0 radical (unpaired) electrons. The maximum absolute atomic E-state index is 10.3. The van der Waals surface area contributed by atoms with Gasteiger partial charge in [0.25, 0.3) is 0 Å². The van der Waals surface area contributed by atoms with Gasteiger partial charge in [0, 0.05) is 13.0 Å². The zero-order chi connectivity index (χ0) is 18.0. The Labute approximate surface area is 149 Å². The molecule has 3 rings (SSSR count). The Balaban J connectivity index is 1.63. The molecule has 1 aromatic carbocycles. The quantitative estimate of drug-likeness (QED) is 0.846. The van der Waals surface area contributed by atoms with Crippen molar-refractivity contribution in [3.8, 4) is 0 Å². The smallest absolute Gasteiger partial charge is 0.183 e. The lowest BCUT2D eigenvalue weighted by atomic mass is 9.94. The van der Waals surface area contributed by atoms with E-state index in [1.807, 2.05) is 51.1 Å². The number of benzene rings is 1. The van der Waals surface area contributed by atoms with Gasteiger partial charge in [-0.1, -0.05) is 37.3 Å². The van der Waals surface area contributed by atoms with Crippen LogP contribution in [0.1, 0.15) is 26.3 Å². The van der Waals surface area contributed by atoms with Gasteiger partial charge in [-0.25, -0.2) is 0 Å². The summed E-state index contributed by atoms with van der Waals surface area (Å²) in [6.45, 7) is 6.59. The summed E-state index contributed by atoms with van der Waals surface area (Å²) in [4.78, 5) is 0. The molecular formula is C19H28O6. The lowest BCUT2D eigenvalue weighted by Crippen LogP contribution is -2.41. The van der Waals surface area contributed by atoms with Crippen molar-refractivity contribution in [3.63, 3.8) is 0 Å². The summed E-state index contributed by atoms with van der Waals surface area (Å²) in [6.07, 6.45) is -2.23. The molecule has 140 valence electrons. The number of rotatable bonds is 6. The second-order valence-corrected chi connectivity index (χ2v) is 7.19. The standard InChI is InChI=1S/C19H28O6/c1-12-15(20)18(21-4)23-16(12)17-14(24-19(2,3)25-17)11-22-10-13-8-6-5-7-9-13/h5-9,12,14-18,20H,10-11H2,1-4H3/t12-,14-,15+,16-,17+,18-/m0/s1. The Kier molecular flexibility index (Phi) is 5.78. The number of hydrogen-bond acceptors (Lipinski definition) is 6. The summed E-state index contributed by atoms with van der Waals surface area (Å²) in [6, 6.07) is 10.00. The molecule has 0 spiro atoms. The predicted octanol–water partition coefficient (Wildman–Crippen LogP) is 2.09. The van der Waals surface area contributed by atoms with Gasteiger partial charge in [-0.3, -0.25) is 0 Å². The zero-order valence-corrected chi connectivity index (χ0v) is 15.3. The van der Waals surface area contributed by atoms with Gasteiger partial charge in [0.05, 0.1) is 19.3 Å². The van der Waals surface area contributed by atoms with E-state index in [1.165, 1.54) is 7.11 Å². The third-order valence-corrected chi connectivity index (χ3v) is 4.80. The first-order chi connectivity index (χ1) is 11.9. The largest absolute Gasteiger partial charge is 0.387 e. The number of hydrogen-bond donors (Lipinski definition) is 1. The Bertz CT molecular complexity index is 548.